The average molecular weight is 235 g/mol. The second kappa shape index (κ2) is 4.00. The second-order valence-electron chi connectivity index (χ2n) is 5.23. The molecule has 0 bridgehead atoms. The van der Waals surface area contributed by atoms with Gasteiger partial charge >= 0.3 is 0 Å². The molecular formula is C12H17N3O2. The van der Waals surface area contributed by atoms with Gasteiger partial charge < -0.3 is 14.7 Å². The zero-order valence-corrected chi connectivity index (χ0v) is 10.5. The van der Waals surface area contributed by atoms with Gasteiger partial charge in [0.15, 0.2) is 5.76 Å². The van der Waals surface area contributed by atoms with Crippen LogP contribution >= 0.6 is 0 Å². The van der Waals surface area contributed by atoms with E-state index in [4.69, 9.17) is 14.7 Å². The Morgan fingerprint density at radius 1 is 1.35 bits per heavy atom. The Hall–Kier alpha value is -1.62. The maximum atomic E-state index is 6.05. The lowest BCUT2D eigenvalue weighted by Gasteiger charge is -2.23. The van der Waals surface area contributed by atoms with Gasteiger partial charge in [0, 0.05) is 0 Å². The van der Waals surface area contributed by atoms with E-state index in [9.17, 15) is 0 Å². The molecule has 0 spiro atoms. The van der Waals surface area contributed by atoms with Crippen molar-refractivity contribution in [2.45, 2.75) is 33.7 Å². The molecule has 0 aromatic carbocycles. The number of nitrogens with zero attached hydrogens (tertiary/aromatic N) is 2. The Labute approximate surface area is 100.0 Å². The predicted molar refractivity (Wildman–Crippen MR) is 63.1 cm³/mol. The minimum Gasteiger partial charge on any atom is -0.461 e. The van der Waals surface area contributed by atoms with Gasteiger partial charge in [0.1, 0.15) is 0 Å². The van der Waals surface area contributed by atoms with Crippen molar-refractivity contribution in [3.05, 3.63) is 23.8 Å². The predicted octanol–water partition coefficient (Wildman–Crippen LogP) is 2.68. The van der Waals surface area contributed by atoms with Gasteiger partial charge in [0.25, 0.3) is 0 Å². The van der Waals surface area contributed by atoms with Gasteiger partial charge in [0.05, 0.1) is 12.3 Å². The molecule has 2 rings (SSSR count). The van der Waals surface area contributed by atoms with E-state index in [1.54, 1.807) is 6.26 Å². The first-order valence-electron chi connectivity index (χ1n) is 5.53. The van der Waals surface area contributed by atoms with E-state index in [2.05, 4.69) is 10.1 Å². The van der Waals surface area contributed by atoms with E-state index in [1.165, 1.54) is 0 Å². The van der Waals surface area contributed by atoms with Crippen molar-refractivity contribution in [3.63, 3.8) is 0 Å². The van der Waals surface area contributed by atoms with Gasteiger partial charge in [-0.3, -0.25) is 0 Å². The fourth-order valence-corrected chi connectivity index (χ4v) is 1.43. The molecule has 0 saturated heterocycles. The highest BCUT2D eigenvalue weighted by atomic mass is 16.5. The van der Waals surface area contributed by atoms with Crippen LogP contribution in [0.4, 0.5) is 0 Å². The summed E-state index contributed by atoms with van der Waals surface area (Å²) in [4.78, 5) is 4.28. The second-order valence-corrected chi connectivity index (χ2v) is 5.23. The molecule has 0 aliphatic carbocycles. The summed E-state index contributed by atoms with van der Waals surface area (Å²) in [6.45, 7) is 8.01. The summed E-state index contributed by atoms with van der Waals surface area (Å²) in [5, 5.41) is 3.89. The van der Waals surface area contributed by atoms with Crippen molar-refractivity contribution in [2.24, 2.45) is 11.1 Å². The molecule has 5 nitrogen and oxygen atoms in total. The number of furan rings is 1. The van der Waals surface area contributed by atoms with Crippen molar-refractivity contribution in [3.8, 4) is 11.6 Å². The van der Waals surface area contributed by atoms with Crippen LogP contribution in [0.25, 0.3) is 11.6 Å². The van der Waals surface area contributed by atoms with Crippen LogP contribution in [-0.2, 0) is 0 Å². The smallest absolute Gasteiger partial charge is 0.244 e. The summed E-state index contributed by atoms with van der Waals surface area (Å²) < 4.78 is 10.5. The van der Waals surface area contributed by atoms with Gasteiger partial charge in [-0.05, 0) is 24.0 Å². The lowest BCUT2D eigenvalue weighted by Crippen LogP contribution is -2.26. The highest BCUT2D eigenvalue weighted by Crippen LogP contribution is 2.31. The Kier molecular flexibility index (Phi) is 2.79. The van der Waals surface area contributed by atoms with Gasteiger partial charge in [-0.1, -0.05) is 25.9 Å². The van der Waals surface area contributed by atoms with Crippen molar-refractivity contribution in [1.82, 2.24) is 10.1 Å². The van der Waals surface area contributed by atoms with Crippen molar-refractivity contribution in [2.75, 3.05) is 0 Å². The quantitative estimate of drug-likeness (QED) is 0.865. The number of hydrogen-bond acceptors (Lipinski definition) is 5. The van der Waals surface area contributed by atoms with Crippen molar-refractivity contribution in [1.29, 1.82) is 0 Å². The standard InChI is InChI=1S/C12H17N3O2/c1-7-5-6-16-8(7)10-14-11(17-15-10)9(13)12(2,3)4/h5-6,9H,13H2,1-4H3/t9-/m0/s1. The van der Waals surface area contributed by atoms with Crippen LogP contribution in [0.15, 0.2) is 21.3 Å². The zero-order chi connectivity index (χ0) is 12.6. The third kappa shape index (κ3) is 2.24. The van der Waals surface area contributed by atoms with Gasteiger partial charge in [-0.2, -0.15) is 4.98 Å². The molecule has 5 heteroatoms. The number of aromatic nitrogens is 2. The van der Waals surface area contributed by atoms with Crippen LogP contribution in [0, 0.1) is 12.3 Å². The summed E-state index contributed by atoms with van der Waals surface area (Å²) >= 11 is 0. The molecule has 0 radical (unpaired) electrons. The fourth-order valence-electron chi connectivity index (χ4n) is 1.43. The zero-order valence-electron chi connectivity index (χ0n) is 10.5. The molecule has 0 aliphatic rings. The number of nitrogens with two attached hydrogens (primary N) is 1. The third-order valence-corrected chi connectivity index (χ3v) is 2.71. The Morgan fingerprint density at radius 3 is 2.59 bits per heavy atom. The summed E-state index contributed by atoms with van der Waals surface area (Å²) in [7, 11) is 0. The summed E-state index contributed by atoms with van der Waals surface area (Å²) in [6.07, 6.45) is 1.60. The molecule has 0 aliphatic heterocycles. The molecule has 17 heavy (non-hydrogen) atoms. The Bertz CT molecular complexity index is 508. The van der Waals surface area contributed by atoms with Crippen LogP contribution in [0.5, 0.6) is 0 Å². The van der Waals surface area contributed by atoms with Crippen LogP contribution in [-0.4, -0.2) is 10.1 Å². The first kappa shape index (κ1) is 11.9. The lowest BCUT2D eigenvalue weighted by molar-refractivity contribution is 0.253. The molecule has 0 unspecified atom stereocenters. The van der Waals surface area contributed by atoms with E-state index in [0.29, 0.717) is 17.5 Å². The van der Waals surface area contributed by atoms with Gasteiger partial charge in [0.2, 0.25) is 11.7 Å². The van der Waals surface area contributed by atoms with E-state index in [-0.39, 0.29) is 11.5 Å². The first-order chi connectivity index (χ1) is 7.89. The minimum absolute atomic E-state index is 0.123. The molecule has 2 aromatic rings. The van der Waals surface area contributed by atoms with E-state index in [0.717, 1.165) is 5.56 Å². The highest BCUT2D eigenvalue weighted by molar-refractivity contribution is 5.51. The van der Waals surface area contributed by atoms with Gasteiger partial charge in [-0.15, -0.1) is 0 Å². The molecule has 0 saturated carbocycles. The molecule has 2 heterocycles. The van der Waals surface area contributed by atoms with E-state index < -0.39 is 0 Å². The molecule has 2 aromatic heterocycles. The Morgan fingerprint density at radius 2 is 2.06 bits per heavy atom. The van der Waals surface area contributed by atoms with Crippen LogP contribution in [0.2, 0.25) is 0 Å². The highest BCUT2D eigenvalue weighted by Gasteiger charge is 2.28. The topological polar surface area (TPSA) is 78.1 Å². The summed E-state index contributed by atoms with van der Waals surface area (Å²) in [5.74, 6) is 1.51. The minimum atomic E-state index is -0.293. The average Bonchev–Trinajstić information content (AvgIpc) is 2.83. The van der Waals surface area contributed by atoms with Crippen LogP contribution < -0.4 is 5.73 Å². The monoisotopic (exact) mass is 235 g/mol. The number of aryl methyl sites for hydroxylation is 1. The SMILES string of the molecule is Cc1ccoc1-c1noc([C@H](N)C(C)(C)C)n1. The maximum absolute atomic E-state index is 6.05. The lowest BCUT2D eigenvalue weighted by atomic mass is 9.87. The van der Waals surface area contributed by atoms with Crippen LogP contribution in [0.3, 0.4) is 0 Å². The first-order valence-corrected chi connectivity index (χ1v) is 5.53. The number of hydrogen-bond donors (Lipinski definition) is 1. The van der Waals surface area contributed by atoms with E-state index >= 15 is 0 Å². The molecule has 2 N–H and O–H groups in total. The summed E-state index contributed by atoms with van der Waals surface area (Å²) in [6, 6.07) is 1.56. The van der Waals surface area contributed by atoms with Crippen LogP contribution in [0.1, 0.15) is 38.3 Å². The fraction of sp³-hybridized carbons (Fsp3) is 0.500. The largest absolute Gasteiger partial charge is 0.461 e. The normalized spacial score (nSPS) is 13.9. The van der Waals surface area contributed by atoms with Crippen molar-refractivity contribution < 1.29 is 8.94 Å². The molecular weight excluding hydrogens is 218 g/mol. The third-order valence-electron chi connectivity index (χ3n) is 2.71. The van der Waals surface area contributed by atoms with Gasteiger partial charge in [-0.25, -0.2) is 0 Å². The Balaban J connectivity index is 2.31. The molecule has 0 fully saturated rings. The van der Waals surface area contributed by atoms with Crippen molar-refractivity contribution >= 4 is 0 Å². The molecule has 1 atom stereocenters. The molecule has 0 amide bonds. The van der Waals surface area contributed by atoms with E-state index in [1.807, 2.05) is 33.8 Å². The number of rotatable bonds is 2. The molecule has 92 valence electrons. The maximum Gasteiger partial charge on any atom is 0.244 e. The summed E-state index contributed by atoms with van der Waals surface area (Å²) in [5.41, 5.74) is 6.90.